The number of rotatable bonds is 25. The molecule has 0 amide bonds. The molecule has 6 rings (SSSR count). The predicted octanol–water partition coefficient (Wildman–Crippen LogP) is 7.96. The van der Waals surface area contributed by atoms with Crippen molar-refractivity contribution in [1.29, 1.82) is 0 Å². The highest BCUT2D eigenvalue weighted by molar-refractivity contribution is 7.86. The van der Waals surface area contributed by atoms with Crippen molar-refractivity contribution in [3.8, 4) is 0 Å². The lowest BCUT2D eigenvalue weighted by Gasteiger charge is -2.30. The van der Waals surface area contributed by atoms with E-state index in [1.54, 1.807) is 72.8 Å². The second-order valence-electron chi connectivity index (χ2n) is 19.1. The molecular weight excluding hydrogens is 1130 g/mol. The van der Waals surface area contributed by atoms with Crippen LogP contribution in [0.25, 0.3) is 0 Å². The number of oxime groups is 1. The Hall–Kier alpha value is -8.90. The van der Waals surface area contributed by atoms with E-state index in [2.05, 4.69) is 5.16 Å². The molecule has 6 aromatic carbocycles. The minimum Gasteiger partial charge on any atom is -0.459 e. The van der Waals surface area contributed by atoms with Crippen LogP contribution in [0.15, 0.2) is 151 Å². The molecule has 0 aliphatic heterocycles. The van der Waals surface area contributed by atoms with E-state index < -0.39 is 106 Å². The van der Waals surface area contributed by atoms with Crippen LogP contribution >= 0.6 is 0 Å². The molecule has 0 bridgehead atoms. The van der Waals surface area contributed by atoms with Crippen molar-refractivity contribution in [3.05, 3.63) is 212 Å². The zero-order chi connectivity index (χ0) is 61.7. The van der Waals surface area contributed by atoms with Crippen molar-refractivity contribution < 1.29 is 92.0 Å². The van der Waals surface area contributed by atoms with E-state index in [1.165, 1.54) is 79.9 Å². The van der Waals surface area contributed by atoms with Crippen molar-refractivity contribution in [1.82, 2.24) is 0 Å². The normalized spacial score (nSPS) is 13.4. The Morgan fingerprint density at radius 1 is 0.393 bits per heavy atom. The van der Waals surface area contributed by atoms with Gasteiger partial charge in [-0.15, -0.1) is 0 Å². The molecule has 21 nitrogen and oxygen atoms in total. The maximum atomic E-state index is 13.2. The molecule has 0 spiro atoms. The molecule has 0 aliphatic rings. The van der Waals surface area contributed by atoms with E-state index in [-0.39, 0.29) is 39.7 Å². The average molecular weight is 1190 g/mol. The Bertz CT molecular complexity index is 3480. The molecule has 0 radical (unpaired) electrons. The topological polar surface area (TPSA) is 283 Å². The van der Waals surface area contributed by atoms with Gasteiger partial charge in [-0.1, -0.05) is 111 Å². The predicted molar refractivity (Wildman–Crippen MR) is 305 cm³/mol. The van der Waals surface area contributed by atoms with E-state index >= 15 is 0 Å². The quantitative estimate of drug-likeness (QED) is 0.0131. The van der Waals surface area contributed by atoms with E-state index in [0.29, 0.717) is 0 Å². The number of nitrogens with zero attached hydrogens (tertiary/aromatic N) is 1. The lowest BCUT2D eigenvalue weighted by molar-refractivity contribution is -0.128. The lowest BCUT2D eigenvalue weighted by atomic mass is 10.1. The summed E-state index contributed by atoms with van der Waals surface area (Å²) in [5.41, 5.74) is 6.13. The van der Waals surface area contributed by atoms with Gasteiger partial charge in [-0.25, -0.2) is 28.8 Å². The third kappa shape index (κ3) is 21.5. The highest BCUT2D eigenvalue weighted by Crippen LogP contribution is 2.23. The number of ether oxygens (including phenoxy) is 6. The zero-order valence-corrected chi connectivity index (χ0v) is 49.0. The molecule has 84 heavy (non-hydrogen) atoms. The molecule has 23 heteroatoms. The number of esters is 6. The fraction of sp³-hybridized carbons (Fsp3) is 0.279. The van der Waals surface area contributed by atoms with Crippen LogP contribution in [0.1, 0.15) is 95.5 Å². The second kappa shape index (κ2) is 31.0. The van der Waals surface area contributed by atoms with Gasteiger partial charge in [0.2, 0.25) is 0 Å². The van der Waals surface area contributed by atoms with Crippen molar-refractivity contribution >= 4 is 68.6 Å². The van der Waals surface area contributed by atoms with Crippen LogP contribution in [0.5, 0.6) is 0 Å². The Labute approximate surface area is 487 Å². The molecule has 0 aliphatic carbocycles. The first-order valence-electron chi connectivity index (χ1n) is 25.6. The van der Waals surface area contributed by atoms with Gasteiger partial charge >= 0.3 is 35.8 Å². The third-order valence-electron chi connectivity index (χ3n) is 11.9. The first-order valence-corrected chi connectivity index (χ1v) is 29.2. The Morgan fingerprint density at radius 3 is 0.881 bits per heavy atom. The van der Waals surface area contributed by atoms with Crippen LogP contribution < -0.4 is 0 Å². The van der Waals surface area contributed by atoms with Crippen LogP contribution in [0, 0.1) is 41.5 Å². The largest absolute Gasteiger partial charge is 0.459 e. The minimum atomic E-state index is -4.26. The summed E-state index contributed by atoms with van der Waals surface area (Å²) in [5.74, 6) is -5.23. The molecule has 0 aromatic heterocycles. The molecule has 0 heterocycles. The van der Waals surface area contributed by atoms with E-state index in [9.17, 15) is 50.4 Å². The minimum absolute atomic E-state index is 0.0739. The summed E-state index contributed by atoms with van der Waals surface area (Å²) in [4.78, 5) is 94.7. The van der Waals surface area contributed by atoms with Gasteiger partial charge in [-0.2, -0.15) is 16.8 Å². The Balaban J connectivity index is 0.000000308. The van der Waals surface area contributed by atoms with Gasteiger partial charge in [0.05, 0.1) is 52.1 Å². The fourth-order valence-corrected chi connectivity index (χ4v) is 8.60. The molecule has 6 atom stereocenters. The van der Waals surface area contributed by atoms with E-state index in [0.717, 1.165) is 52.1 Å². The van der Waals surface area contributed by atoms with E-state index in [4.69, 9.17) is 41.6 Å². The summed E-state index contributed by atoms with van der Waals surface area (Å²) in [6.07, 6.45) is -7.60. The maximum Gasteiger partial charge on any atom is 0.338 e. The summed E-state index contributed by atoms with van der Waals surface area (Å²) >= 11 is 0. The number of aryl methyl sites for hydroxylation is 6. The van der Waals surface area contributed by atoms with Crippen molar-refractivity contribution in [2.45, 2.75) is 78.2 Å². The molecule has 0 N–H and O–H groups in total. The summed E-state index contributed by atoms with van der Waals surface area (Å²) in [6, 6.07) is 38.2. The first kappa shape index (κ1) is 65.9. The van der Waals surface area contributed by atoms with Gasteiger partial charge in [-0.05, 0) is 114 Å². The molecule has 6 aromatic rings. The highest BCUT2D eigenvalue weighted by Gasteiger charge is 2.41. The summed E-state index contributed by atoms with van der Waals surface area (Å²) in [7, 11) is -7.26. The number of carbonyl (C=O) groups is 7. The van der Waals surface area contributed by atoms with Crippen molar-refractivity contribution in [2.75, 3.05) is 32.8 Å². The monoisotopic (exact) mass is 1190 g/mol. The van der Waals surface area contributed by atoms with Gasteiger partial charge in [0.25, 0.3) is 20.2 Å². The number of aldehydes is 1. The zero-order valence-electron chi connectivity index (χ0n) is 47.3. The van der Waals surface area contributed by atoms with Gasteiger partial charge in [0.15, 0.2) is 42.9 Å². The maximum absolute atomic E-state index is 13.2. The van der Waals surface area contributed by atoms with Crippen LogP contribution in [-0.4, -0.2) is 135 Å². The summed E-state index contributed by atoms with van der Waals surface area (Å²) < 4.78 is 92.3. The van der Waals surface area contributed by atoms with Crippen LogP contribution in [0.3, 0.4) is 0 Å². The smallest absolute Gasteiger partial charge is 0.338 e. The summed E-state index contributed by atoms with van der Waals surface area (Å²) in [5, 5.41) is 3.67. The van der Waals surface area contributed by atoms with Crippen molar-refractivity contribution in [2.24, 2.45) is 5.16 Å². The Morgan fingerprint density at radius 2 is 0.631 bits per heavy atom. The third-order valence-corrected chi connectivity index (χ3v) is 13.1. The van der Waals surface area contributed by atoms with Crippen LogP contribution in [-0.2, 0) is 66.7 Å². The van der Waals surface area contributed by atoms with E-state index in [1.807, 2.05) is 41.5 Å². The van der Waals surface area contributed by atoms with Crippen LogP contribution in [0.4, 0.5) is 0 Å². The van der Waals surface area contributed by atoms with Gasteiger partial charge in [0, 0.05) is 0 Å². The molecular formula is C61H63NO20S2. The number of carbonyl (C=O) groups excluding carboxylic acids is 7. The van der Waals surface area contributed by atoms with Crippen LogP contribution in [0.2, 0.25) is 0 Å². The number of hydrogen-bond acceptors (Lipinski definition) is 21. The molecule has 0 unspecified atom stereocenters. The second-order valence-corrected chi connectivity index (χ2v) is 22.3. The van der Waals surface area contributed by atoms with Gasteiger partial charge in [0.1, 0.15) is 20.3 Å². The van der Waals surface area contributed by atoms with Gasteiger partial charge < -0.3 is 33.3 Å². The molecule has 444 valence electrons. The highest BCUT2D eigenvalue weighted by atomic mass is 32.2. The Kier molecular flexibility index (Phi) is 24.3. The molecule has 0 saturated carbocycles. The lowest BCUT2D eigenvalue weighted by Crippen LogP contribution is -2.48. The molecule has 0 fully saturated rings. The number of benzene rings is 6. The first-order chi connectivity index (χ1) is 39.7. The fourth-order valence-electron chi connectivity index (χ4n) is 7.37. The summed E-state index contributed by atoms with van der Waals surface area (Å²) in [6.45, 7) is 9.50. The average Bonchev–Trinajstić information content (AvgIpc) is 3.65. The number of hydrogen-bond donors (Lipinski definition) is 0. The van der Waals surface area contributed by atoms with Gasteiger partial charge in [-0.3, -0.25) is 13.2 Å². The van der Waals surface area contributed by atoms with Crippen molar-refractivity contribution in [3.63, 3.8) is 0 Å². The SMILES string of the molecule is CON=C[C@@H](OC(=O)c1ccc(C)cc1)[C@H](OC(=O)c1ccc(C)cc1)[C@@H](COC(=O)c1ccc(C)cc1)OS(C)(=O)=O.Cc1ccc(C(=O)OC[C@@H](OS(C)(=O)=O)[C@@H](OC(=O)c2ccc(C)cc2)[C@@H](C=O)OC(=O)c2ccc(C)cc2)cc1. The molecule has 0 saturated heterocycles. The standard InChI is InChI=1S/C31H33NO10S.C30H30O10S/c1-20-6-12-23(13-7-20)29(33)39-19-27(42-43(5,36)37)28(41-31(35)25-16-10-22(3)11-17-25)26(18-32-38-4)40-30(34)24-14-8-21(2)9-15-24;1-19-5-11-22(12-6-19)28(32)37-18-26(40-41(4,35)36)27(39-30(34)24-15-9-21(3)10-16-24)25(17-31)38-29(33)23-13-7-20(2)8-14-23/h6-18,26-28H,19H2,1-5H3;5-17,25-27H,18H2,1-4H3/t26-,27-,28+;25-,26-,27+/m11/s1.